The van der Waals surface area contributed by atoms with Gasteiger partial charge in [-0.2, -0.15) is 0 Å². The summed E-state index contributed by atoms with van der Waals surface area (Å²) in [5.41, 5.74) is 1.13. The smallest absolute Gasteiger partial charge is 0.205 e. The SMILES string of the molecule is C[C@H](CC#CC(=O)CCCO)OCc1ccccc1. The van der Waals surface area contributed by atoms with Crippen molar-refractivity contribution < 1.29 is 14.6 Å². The number of hydrogen-bond donors (Lipinski definition) is 1. The fraction of sp³-hybridized carbons (Fsp3) is 0.438. The zero-order valence-corrected chi connectivity index (χ0v) is 11.3. The van der Waals surface area contributed by atoms with E-state index in [1.165, 1.54) is 0 Å². The number of rotatable bonds is 7. The second-order valence-corrected chi connectivity index (χ2v) is 4.36. The molecule has 1 rings (SSSR count). The lowest BCUT2D eigenvalue weighted by atomic mass is 10.2. The van der Waals surface area contributed by atoms with Gasteiger partial charge >= 0.3 is 0 Å². The maximum absolute atomic E-state index is 11.2. The Kier molecular flexibility index (Phi) is 7.57. The van der Waals surface area contributed by atoms with Crippen LogP contribution >= 0.6 is 0 Å². The lowest BCUT2D eigenvalue weighted by Gasteiger charge is -2.09. The molecule has 0 aliphatic rings. The molecule has 0 fully saturated rings. The van der Waals surface area contributed by atoms with E-state index in [1.807, 2.05) is 37.3 Å². The second kappa shape index (κ2) is 9.32. The Morgan fingerprint density at radius 2 is 2.11 bits per heavy atom. The van der Waals surface area contributed by atoms with Crippen molar-refractivity contribution in [3.05, 3.63) is 35.9 Å². The van der Waals surface area contributed by atoms with Crippen LogP contribution < -0.4 is 0 Å². The number of benzene rings is 1. The van der Waals surface area contributed by atoms with Gasteiger partial charge in [0.15, 0.2) is 0 Å². The van der Waals surface area contributed by atoms with Crippen LogP contribution in [-0.4, -0.2) is 23.6 Å². The Balaban J connectivity index is 2.23. The topological polar surface area (TPSA) is 46.5 Å². The number of ether oxygens (including phenoxy) is 1. The normalized spacial score (nSPS) is 11.5. The molecule has 1 aromatic rings. The summed E-state index contributed by atoms with van der Waals surface area (Å²) in [7, 11) is 0. The third-order valence-corrected chi connectivity index (χ3v) is 2.56. The molecule has 0 aromatic heterocycles. The predicted octanol–water partition coefficient (Wildman–Crippen LogP) is 2.33. The first kappa shape index (κ1) is 15.4. The number of Topliss-reactive ketones (excluding diaryl/α,β-unsaturated/α-hetero) is 1. The molecule has 1 atom stereocenters. The fourth-order valence-corrected chi connectivity index (χ4v) is 1.47. The van der Waals surface area contributed by atoms with E-state index in [-0.39, 0.29) is 18.5 Å². The molecule has 0 saturated heterocycles. The van der Waals surface area contributed by atoms with Gasteiger partial charge in [0.25, 0.3) is 0 Å². The summed E-state index contributed by atoms with van der Waals surface area (Å²) in [5, 5.41) is 8.59. The molecule has 0 amide bonds. The molecule has 0 aliphatic carbocycles. The number of aliphatic hydroxyl groups excluding tert-OH is 1. The van der Waals surface area contributed by atoms with Crippen molar-refractivity contribution in [3.8, 4) is 11.8 Å². The van der Waals surface area contributed by atoms with Crippen LogP contribution in [0.5, 0.6) is 0 Å². The zero-order valence-electron chi connectivity index (χ0n) is 11.3. The fourth-order valence-electron chi connectivity index (χ4n) is 1.47. The molecule has 3 heteroatoms. The Morgan fingerprint density at radius 3 is 2.79 bits per heavy atom. The molecule has 0 bridgehead atoms. The maximum Gasteiger partial charge on any atom is 0.205 e. The number of carbonyl (C=O) groups is 1. The van der Waals surface area contributed by atoms with Gasteiger partial charge in [0, 0.05) is 19.4 Å². The molecular formula is C16H20O3. The van der Waals surface area contributed by atoms with Crippen molar-refractivity contribution in [1.29, 1.82) is 0 Å². The van der Waals surface area contributed by atoms with Gasteiger partial charge in [-0.15, -0.1) is 0 Å². The van der Waals surface area contributed by atoms with Crippen LogP contribution in [0.25, 0.3) is 0 Å². The van der Waals surface area contributed by atoms with Crippen LogP contribution in [0.4, 0.5) is 0 Å². The van der Waals surface area contributed by atoms with Gasteiger partial charge in [-0.25, -0.2) is 0 Å². The van der Waals surface area contributed by atoms with Gasteiger partial charge in [-0.3, -0.25) is 4.79 Å². The van der Waals surface area contributed by atoms with Crippen molar-refractivity contribution >= 4 is 5.78 Å². The lowest BCUT2D eigenvalue weighted by molar-refractivity contribution is -0.114. The number of hydrogen-bond acceptors (Lipinski definition) is 3. The largest absolute Gasteiger partial charge is 0.396 e. The molecule has 0 radical (unpaired) electrons. The van der Waals surface area contributed by atoms with Crippen LogP contribution in [-0.2, 0) is 16.1 Å². The second-order valence-electron chi connectivity index (χ2n) is 4.36. The maximum atomic E-state index is 11.2. The van der Waals surface area contributed by atoms with E-state index < -0.39 is 0 Å². The molecule has 102 valence electrons. The zero-order chi connectivity index (χ0) is 13.9. The van der Waals surface area contributed by atoms with Crippen molar-refractivity contribution in [2.75, 3.05) is 6.61 Å². The Labute approximate surface area is 114 Å². The Hall–Kier alpha value is -1.63. The van der Waals surface area contributed by atoms with Crippen LogP contribution in [0.15, 0.2) is 30.3 Å². The summed E-state index contributed by atoms with van der Waals surface area (Å²) in [6.07, 6.45) is 1.34. The highest BCUT2D eigenvalue weighted by molar-refractivity contribution is 5.95. The van der Waals surface area contributed by atoms with Crippen molar-refractivity contribution in [2.45, 2.75) is 38.9 Å². The molecule has 0 unspecified atom stereocenters. The number of ketones is 1. The highest BCUT2D eigenvalue weighted by Gasteiger charge is 2.01. The number of aliphatic hydroxyl groups is 1. The minimum Gasteiger partial charge on any atom is -0.396 e. The number of carbonyl (C=O) groups excluding carboxylic acids is 1. The van der Waals surface area contributed by atoms with E-state index in [2.05, 4.69) is 11.8 Å². The monoisotopic (exact) mass is 260 g/mol. The first-order valence-electron chi connectivity index (χ1n) is 6.50. The summed E-state index contributed by atoms with van der Waals surface area (Å²) in [6.45, 7) is 2.53. The highest BCUT2D eigenvalue weighted by atomic mass is 16.5. The van der Waals surface area contributed by atoms with Gasteiger partial charge in [-0.1, -0.05) is 36.3 Å². The van der Waals surface area contributed by atoms with Gasteiger partial charge in [0.2, 0.25) is 5.78 Å². The molecule has 1 N–H and O–H groups in total. The van der Waals surface area contributed by atoms with E-state index in [0.29, 0.717) is 25.9 Å². The molecule has 3 nitrogen and oxygen atoms in total. The van der Waals surface area contributed by atoms with Gasteiger partial charge in [-0.05, 0) is 24.8 Å². The minimum absolute atomic E-state index is 0.00153. The quantitative estimate of drug-likeness (QED) is 0.604. The van der Waals surface area contributed by atoms with Crippen molar-refractivity contribution in [1.82, 2.24) is 0 Å². The van der Waals surface area contributed by atoms with Crippen LogP contribution in [0.1, 0.15) is 31.7 Å². The average molecular weight is 260 g/mol. The van der Waals surface area contributed by atoms with E-state index >= 15 is 0 Å². The van der Waals surface area contributed by atoms with E-state index in [0.717, 1.165) is 5.56 Å². The standard InChI is InChI=1S/C16H20O3/c1-14(7-5-10-16(18)11-6-12-17)19-13-15-8-3-2-4-9-15/h2-4,8-9,14,17H,6-7,11-13H2,1H3/t14-/m1/s1. The predicted molar refractivity (Wildman–Crippen MR) is 74.4 cm³/mol. The first-order valence-corrected chi connectivity index (χ1v) is 6.50. The van der Waals surface area contributed by atoms with E-state index in [4.69, 9.17) is 9.84 Å². The van der Waals surface area contributed by atoms with Gasteiger partial charge < -0.3 is 9.84 Å². The van der Waals surface area contributed by atoms with E-state index in [1.54, 1.807) is 0 Å². The van der Waals surface area contributed by atoms with Crippen LogP contribution in [0.3, 0.4) is 0 Å². The molecule has 0 aliphatic heterocycles. The van der Waals surface area contributed by atoms with Crippen LogP contribution in [0.2, 0.25) is 0 Å². The summed E-state index contributed by atoms with van der Waals surface area (Å²) < 4.78 is 5.64. The Bertz CT molecular complexity index is 428. The van der Waals surface area contributed by atoms with Crippen LogP contribution in [0, 0.1) is 11.8 Å². The third kappa shape index (κ3) is 7.40. The first-order chi connectivity index (χ1) is 9.22. The Morgan fingerprint density at radius 1 is 1.37 bits per heavy atom. The van der Waals surface area contributed by atoms with E-state index in [9.17, 15) is 4.79 Å². The summed E-state index contributed by atoms with van der Waals surface area (Å²) in [4.78, 5) is 11.2. The molecule has 19 heavy (non-hydrogen) atoms. The summed E-state index contributed by atoms with van der Waals surface area (Å²) in [5.74, 6) is 5.27. The average Bonchev–Trinajstić information content (AvgIpc) is 2.44. The molecule has 1 aromatic carbocycles. The minimum atomic E-state index is -0.121. The highest BCUT2D eigenvalue weighted by Crippen LogP contribution is 2.04. The molecule has 0 saturated carbocycles. The van der Waals surface area contributed by atoms with Gasteiger partial charge in [0.1, 0.15) is 0 Å². The summed E-state index contributed by atoms with van der Waals surface area (Å²) >= 11 is 0. The van der Waals surface area contributed by atoms with Crippen molar-refractivity contribution in [2.24, 2.45) is 0 Å². The molecule has 0 heterocycles. The van der Waals surface area contributed by atoms with Crippen molar-refractivity contribution in [3.63, 3.8) is 0 Å². The molecule has 0 spiro atoms. The lowest BCUT2D eigenvalue weighted by Crippen LogP contribution is -2.07. The third-order valence-electron chi connectivity index (χ3n) is 2.56. The summed E-state index contributed by atoms with van der Waals surface area (Å²) in [6, 6.07) is 9.94. The molecular weight excluding hydrogens is 240 g/mol. The van der Waals surface area contributed by atoms with Gasteiger partial charge in [0.05, 0.1) is 12.7 Å².